The maximum absolute atomic E-state index is 12.6. The van der Waals surface area contributed by atoms with E-state index in [1.54, 1.807) is 6.07 Å². The van der Waals surface area contributed by atoms with Crippen LogP contribution in [0.15, 0.2) is 41.3 Å². The van der Waals surface area contributed by atoms with Crippen LogP contribution in [-0.2, 0) is 16.4 Å². The Morgan fingerprint density at radius 1 is 1.06 bits per heavy atom. The van der Waals surface area contributed by atoms with Gasteiger partial charge in [0.25, 0.3) is 5.91 Å². The second kappa shape index (κ2) is 10.1. The van der Waals surface area contributed by atoms with Gasteiger partial charge in [-0.1, -0.05) is 6.07 Å². The summed E-state index contributed by atoms with van der Waals surface area (Å²) in [6, 6.07) is 8.65. The van der Waals surface area contributed by atoms with Crippen LogP contribution in [0.3, 0.4) is 0 Å². The number of ether oxygens (including phenoxy) is 3. The monoisotopic (exact) mass is 470 g/mol. The highest BCUT2D eigenvalue weighted by atomic mass is 32.2. The molecule has 0 unspecified atom stereocenters. The van der Waals surface area contributed by atoms with Gasteiger partial charge in [-0.05, 0) is 55.2 Å². The standard InChI is InChI=1S/C21H24F2N2O6S/c1-29-16-7-3-13(11-18(16)31-21(22)23)9-10-24-20(26)14-4-8-17(30-2)19(12-14)32(27,28)25-15-5-6-15/h3-4,7-8,11-12,15,21,25H,5-6,9-10H2,1-2H3,(H,24,26). The van der Waals surface area contributed by atoms with E-state index in [-0.39, 0.29) is 40.3 Å². The summed E-state index contributed by atoms with van der Waals surface area (Å²) < 4.78 is 67.5. The number of hydrogen-bond donors (Lipinski definition) is 2. The lowest BCUT2D eigenvalue weighted by molar-refractivity contribution is -0.0512. The first-order valence-electron chi connectivity index (χ1n) is 9.84. The Morgan fingerprint density at radius 2 is 1.75 bits per heavy atom. The van der Waals surface area contributed by atoms with Gasteiger partial charge in [0.2, 0.25) is 10.0 Å². The van der Waals surface area contributed by atoms with Crippen molar-refractivity contribution >= 4 is 15.9 Å². The summed E-state index contributed by atoms with van der Waals surface area (Å²) in [5.41, 5.74) is 0.798. The molecule has 0 spiro atoms. The van der Waals surface area contributed by atoms with Crippen LogP contribution < -0.4 is 24.2 Å². The van der Waals surface area contributed by atoms with E-state index in [9.17, 15) is 22.0 Å². The molecule has 8 nitrogen and oxygen atoms in total. The zero-order valence-corrected chi connectivity index (χ0v) is 18.4. The third-order valence-electron chi connectivity index (χ3n) is 4.76. The quantitative estimate of drug-likeness (QED) is 0.524. The number of nitrogens with one attached hydrogen (secondary N) is 2. The van der Waals surface area contributed by atoms with Crippen LogP contribution in [0.1, 0.15) is 28.8 Å². The van der Waals surface area contributed by atoms with Crippen LogP contribution in [0, 0.1) is 0 Å². The van der Waals surface area contributed by atoms with Gasteiger partial charge >= 0.3 is 6.61 Å². The molecule has 2 N–H and O–H groups in total. The van der Waals surface area contributed by atoms with Crippen LogP contribution in [0.2, 0.25) is 0 Å². The van der Waals surface area contributed by atoms with E-state index >= 15 is 0 Å². The summed E-state index contributed by atoms with van der Waals surface area (Å²) in [6.07, 6.45) is 1.88. The number of benzene rings is 2. The number of carbonyl (C=O) groups excluding carboxylic acids is 1. The van der Waals surface area contributed by atoms with Gasteiger partial charge in [-0.15, -0.1) is 0 Å². The van der Waals surface area contributed by atoms with Crippen molar-refractivity contribution in [1.82, 2.24) is 10.0 Å². The Morgan fingerprint density at radius 3 is 2.38 bits per heavy atom. The fraction of sp³-hybridized carbons (Fsp3) is 0.381. The van der Waals surface area contributed by atoms with Crippen molar-refractivity contribution in [2.45, 2.75) is 36.8 Å². The molecule has 11 heteroatoms. The third-order valence-corrected chi connectivity index (χ3v) is 6.30. The number of carbonyl (C=O) groups is 1. The minimum atomic E-state index is -3.82. The topological polar surface area (TPSA) is 103 Å². The summed E-state index contributed by atoms with van der Waals surface area (Å²) in [7, 11) is -1.13. The van der Waals surface area contributed by atoms with Gasteiger partial charge in [-0.3, -0.25) is 4.79 Å². The molecule has 1 fully saturated rings. The largest absolute Gasteiger partial charge is 0.495 e. The van der Waals surface area contributed by atoms with Crippen LogP contribution in [-0.4, -0.2) is 47.7 Å². The fourth-order valence-electron chi connectivity index (χ4n) is 3.00. The number of rotatable bonds is 11. The van der Waals surface area contributed by atoms with Crippen molar-refractivity contribution in [3.63, 3.8) is 0 Å². The van der Waals surface area contributed by atoms with Gasteiger partial charge in [0.15, 0.2) is 11.5 Å². The maximum Gasteiger partial charge on any atom is 0.387 e. The Labute approximate surface area is 184 Å². The molecule has 1 aliphatic carbocycles. The predicted octanol–water partition coefficient (Wildman–Crippen LogP) is 2.72. The van der Waals surface area contributed by atoms with Crippen LogP contribution >= 0.6 is 0 Å². The molecule has 0 aliphatic heterocycles. The Hall–Kier alpha value is -2.92. The highest BCUT2D eigenvalue weighted by molar-refractivity contribution is 7.89. The SMILES string of the molecule is COc1ccc(CCNC(=O)c2ccc(OC)c(S(=O)(=O)NC3CC3)c2)cc1OC(F)F. The van der Waals surface area contributed by atoms with Crippen LogP contribution in [0.25, 0.3) is 0 Å². The summed E-state index contributed by atoms with van der Waals surface area (Å²) >= 11 is 0. The number of amides is 1. The number of alkyl halides is 2. The molecule has 1 saturated carbocycles. The second-order valence-corrected chi connectivity index (χ2v) is 8.81. The Kier molecular flexibility index (Phi) is 7.52. The van der Waals surface area contributed by atoms with Crippen LogP contribution in [0.4, 0.5) is 8.78 Å². The Balaban J connectivity index is 1.67. The van der Waals surface area contributed by atoms with Gasteiger partial charge < -0.3 is 19.5 Å². The van der Waals surface area contributed by atoms with Gasteiger partial charge in [-0.25, -0.2) is 13.1 Å². The van der Waals surface area contributed by atoms with E-state index in [1.165, 1.54) is 44.6 Å². The normalized spacial score (nSPS) is 13.7. The molecule has 0 radical (unpaired) electrons. The van der Waals surface area contributed by atoms with Crippen LogP contribution in [0.5, 0.6) is 17.2 Å². The molecule has 1 amide bonds. The van der Waals surface area contributed by atoms with Gasteiger partial charge in [0, 0.05) is 18.2 Å². The smallest absolute Gasteiger partial charge is 0.387 e. The van der Waals surface area contributed by atoms with Crippen molar-refractivity contribution in [2.75, 3.05) is 20.8 Å². The van der Waals surface area contributed by atoms with E-state index in [2.05, 4.69) is 14.8 Å². The van der Waals surface area contributed by atoms with Gasteiger partial charge in [0.05, 0.1) is 14.2 Å². The first kappa shape index (κ1) is 23.7. The summed E-state index contributed by atoms with van der Waals surface area (Å²) in [5.74, 6) is -0.267. The molecular weight excluding hydrogens is 446 g/mol. The molecule has 32 heavy (non-hydrogen) atoms. The maximum atomic E-state index is 12.6. The lowest BCUT2D eigenvalue weighted by Crippen LogP contribution is -2.28. The van der Waals surface area contributed by atoms with Crippen molar-refractivity contribution in [2.24, 2.45) is 0 Å². The van der Waals surface area contributed by atoms with Gasteiger partial charge in [-0.2, -0.15) is 8.78 Å². The zero-order valence-electron chi connectivity index (χ0n) is 17.6. The minimum Gasteiger partial charge on any atom is -0.495 e. The van der Waals surface area contributed by atoms with E-state index in [0.29, 0.717) is 12.0 Å². The van der Waals surface area contributed by atoms with E-state index < -0.39 is 22.5 Å². The zero-order chi connectivity index (χ0) is 23.3. The molecule has 0 heterocycles. The highest BCUT2D eigenvalue weighted by Gasteiger charge is 2.30. The molecule has 0 saturated heterocycles. The molecular formula is C21H24F2N2O6S. The second-order valence-electron chi connectivity index (χ2n) is 7.13. The molecule has 0 atom stereocenters. The molecule has 3 rings (SSSR count). The number of halogens is 2. The number of methoxy groups -OCH3 is 2. The molecule has 0 bridgehead atoms. The van der Waals surface area contributed by atoms with E-state index in [1.807, 2.05) is 0 Å². The summed E-state index contributed by atoms with van der Waals surface area (Å²) in [5, 5.41) is 2.69. The molecule has 2 aromatic rings. The molecule has 0 aromatic heterocycles. The first-order chi connectivity index (χ1) is 15.2. The number of sulfonamides is 1. The highest BCUT2D eigenvalue weighted by Crippen LogP contribution is 2.30. The predicted molar refractivity (Wildman–Crippen MR) is 112 cm³/mol. The van der Waals surface area contributed by atoms with E-state index in [0.717, 1.165) is 12.8 Å². The molecule has 1 aliphatic rings. The van der Waals surface area contributed by atoms with Crippen molar-refractivity contribution < 1.29 is 36.2 Å². The lowest BCUT2D eigenvalue weighted by atomic mass is 10.1. The fourth-order valence-corrected chi connectivity index (χ4v) is 4.50. The van der Waals surface area contributed by atoms with Gasteiger partial charge in [0.1, 0.15) is 10.6 Å². The summed E-state index contributed by atoms with van der Waals surface area (Å²) in [4.78, 5) is 12.4. The Bertz CT molecular complexity index is 1070. The lowest BCUT2D eigenvalue weighted by Gasteiger charge is -2.13. The first-order valence-corrected chi connectivity index (χ1v) is 11.3. The third kappa shape index (κ3) is 6.07. The summed E-state index contributed by atoms with van der Waals surface area (Å²) in [6.45, 7) is -2.80. The average Bonchev–Trinajstić information content (AvgIpc) is 3.56. The van der Waals surface area contributed by atoms with E-state index in [4.69, 9.17) is 9.47 Å². The average molecular weight is 470 g/mol. The molecule has 2 aromatic carbocycles. The van der Waals surface area contributed by atoms with Crippen molar-refractivity contribution in [3.8, 4) is 17.2 Å². The van der Waals surface area contributed by atoms with Crippen molar-refractivity contribution in [1.29, 1.82) is 0 Å². The minimum absolute atomic E-state index is 0.0920. The number of hydrogen-bond acceptors (Lipinski definition) is 6. The molecule has 174 valence electrons. The van der Waals surface area contributed by atoms with Crippen molar-refractivity contribution in [3.05, 3.63) is 47.5 Å².